The summed E-state index contributed by atoms with van der Waals surface area (Å²) in [4.78, 5) is 0. The highest BCUT2D eigenvalue weighted by atomic mass is 35.5. The molecule has 2 nitrogen and oxygen atoms in total. The molecular weight excluding hydrogens is 402 g/mol. The van der Waals surface area contributed by atoms with Crippen molar-refractivity contribution in [1.82, 2.24) is 0 Å². The Kier molecular flexibility index (Phi) is 19.4. The summed E-state index contributed by atoms with van der Waals surface area (Å²) in [6.07, 6.45) is 23.5. The summed E-state index contributed by atoms with van der Waals surface area (Å²) in [6.45, 7) is 6.44. The number of para-hydroxylation sites is 1. The van der Waals surface area contributed by atoms with E-state index in [9.17, 15) is 0 Å². The monoisotopic (exact) mass is 453 g/mol. The van der Waals surface area contributed by atoms with Gasteiger partial charge in [0.25, 0.3) is 0 Å². The Morgan fingerprint density at radius 3 is 1.45 bits per heavy atom. The first-order valence-electron chi connectivity index (χ1n) is 13.0. The van der Waals surface area contributed by atoms with Gasteiger partial charge in [-0.15, -0.1) is 12.4 Å². The highest BCUT2D eigenvalue weighted by Gasteiger charge is 2.26. The van der Waals surface area contributed by atoms with Gasteiger partial charge in [-0.3, -0.25) is 0 Å². The summed E-state index contributed by atoms with van der Waals surface area (Å²) >= 11 is 0. The van der Waals surface area contributed by atoms with Crippen LogP contribution in [-0.4, -0.2) is 11.6 Å². The highest BCUT2D eigenvalue weighted by molar-refractivity contribution is 5.85. The summed E-state index contributed by atoms with van der Waals surface area (Å²) in [6, 6.07) is 10.1. The Hall–Kier alpha value is -0.730. The van der Waals surface area contributed by atoms with Gasteiger partial charge >= 0.3 is 0 Å². The third-order valence-corrected chi connectivity index (χ3v) is 6.17. The fourth-order valence-corrected chi connectivity index (χ4v) is 4.12. The zero-order valence-corrected chi connectivity index (χ0v) is 21.7. The summed E-state index contributed by atoms with van der Waals surface area (Å²) in [5.74, 6) is 0.928. The number of hydrogen-bond acceptors (Lipinski definition) is 2. The predicted molar refractivity (Wildman–Crippen MR) is 141 cm³/mol. The van der Waals surface area contributed by atoms with E-state index in [4.69, 9.17) is 10.5 Å². The maximum Gasteiger partial charge on any atom is 0.119 e. The molecule has 0 saturated heterocycles. The van der Waals surface area contributed by atoms with Gasteiger partial charge in [0.05, 0.1) is 0 Å². The number of unbranched alkanes of at least 4 members (excludes halogenated alkanes) is 15. The number of ether oxygens (including phenoxy) is 1. The number of rotatable bonds is 20. The van der Waals surface area contributed by atoms with Crippen LogP contribution in [0.15, 0.2) is 30.3 Å². The van der Waals surface area contributed by atoms with Crippen molar-refractivity contribution in [2.75, 3.05) is 0 Å². The summed E-state index contributed by atoms with van der Waals surface area (Å²) in [5, 5.41) is 0. The van der Waals surface area contributed by atoms with Crippen LogP contribution in [0.25, 0.3) is 0 Å². The average molecular weight is 454 g/mol. The van der Waals surface area contributed by atoms with Crippen LogP contribution >= 0.6 is 12.4 Å². The molecule has 1 atom stereocenters. The normalized spacial score (nSPS) is 12.4. The van der Waals surface area contributed by atoms with Crippen LogP contribution in [0.4, 0.5) is 0 Å². The lowest BCUT2D eigenvalue weighted by Crippen LogP contribution is -2.48. The van der Waals surface area contributed by atoms with Gasteiger partial charge in [-0.2, -0.15) is 0 Å². The zero-order valence-electron chi connectivity index (χ0n) is 20.9. The molecule has 0 fully saturated rings. The minimum atomic E-state index is -0.314. The van der Waals surface area contributed by atoms with Crippen molar-refractivity contribution >= 4 is 12.4 Å². The molecule has 0 spiro atoms. The molecule has 0 amide bonds. The first-order valence-corrected chi connectivity index (χ1v) is 13.0. The Morgan fingerprint density at radius 1 is 0.677 bits per heavy atom. The van der Waals surface area contributed by atoms with Gasteiger partial charge in [-0.1, -0.05) is 121 Å². The maximum absolute atomic E-state index is 6.37. The molecule has 0 radical (unpaired) electrons. The van der Waals surface area contributed by atoms with Crippen LogP contribution in [0.5, 0.6) is 5.75 Å². The van der Waals surface area contributed by atoms with Crippen LogP contribution in [0.3, 0.4) is 0 Å². The maximum atomic E-state index is 6.37. The molecule has 0 saturated carbocycles. The lowest BCUT2D eigenvalue weighted by molar-refractivity contribution is 0.117. The first kappa shape index (κ1) is 30.3. The van der Waals surface area contributed by atoms with Crippen molar-refractivity contribution in [3.05, 3.63) is 30.3 Å². The third-order valence-electron chi connectivity index (χ3n) is 6.17. The quantitative estimate of drug-likeness (QED) is 0.199. The molecule has 31 heavy (non-hydrogen) atoms. The molecule has 0 heterocycles. The van der Waals surface area contributed by atoms with Gasteiger partial charge in [0, 0.05) is 5.54 Å². The SMILES string of the molecule is CCCCCCCCCCCCCCCCCCC(Oc1ccccc1)C(C)(C)N.Cl. The number of benzene rings is 1. The molecule has 3 heteroatoms. The van der Waals surface area contributed by atoms with E-state index < -0.39 is 0 Å². The van der Waals surface area contributed by atoms with E-state index in [0.717, 1.165) is 12.2 Å². The summed E-state index contributed by atoms with van der Waals surface area (Å²) in [7, 11) is 0. The Morgan fingerprint density at radius 2 is 1.06 bits per heavy atom. The minimum Gasteiger partial charge on any atom is -0.489 e. The van der Waals surface area contributed by atoms with E-state index in [2.05, 4.69) is 20.8 Å². The smallest absolute Gasteiger partial charge is 0.119 e. The topological polar surface area (TPSA) is 35.2 Å². The second kappa shape index (κ2) is 19.9. The van der Waals surface area contributed by atoms with Crippen molar-refractivity contribution in [2.24, 2.45) is 5.73 Å². The van der Waals surface area contributed by atoms with Crippen LogP contribution in [0.2, 0.25) is 0 Å². The fraction of sp³-hybridized carbons (Fsp3) is 0.786. The molecule has 182 valence electrons. The Balaban J connectivity index is 0.00000900. The van der Waals surface area contributed by atoms with Crippen molar-refractivity contribution in [1.29, 1.82) is 0 Å². The summed E-state index contributed by atoms with van der Waals surface area (Å²) < 4.78 is 6.18. The van der Waals surface area contributed by atoms with Gasteiger partial charge in [0.1, 0.15) is 11.9 Å². The van der Waals surface area contributed by atoms with E-state index in [1.165, 1.54) is 103 Å². The second-order valence-corrected chi connectivity index (χ2v) is 9.83. The van der Waals surface area contributed by atoms with Crippen molar-refractivity contribution in [3.8, 4) is 5.75 Å². The molecule has 0 aliphatic heterocycles. The largest absolute Gasteiger partial charge is 0.489 e. The zero-order chi connectivity index (χ0) is 21.9. The van der Waals surface area contributed by atoms with Gasteiger partial charge in [-0.05, 0) is 38.8 Å². The van der Waals surface area contributed by atoms with E-state index in [-0.39, 0.29) is 24.0 Å². The molecular formula is C28H52ClNO. The van der Waals surface area contributed by atoms with Crippen molar-refractivity contribution < 1.29 is 4.74 Å². The highest BCUT2D eigenvalue weighted by Crippen LogP contribution is 2.22. The third kappa shape index (κ3) is 17.5. The lowest BCUT2D eigenvalue weighted by Gasteiger charge is -2.31. The molecule has 2 N–H and O–H groups in total. The molecule has 1 aromatic carbocycles. The van der Waals surface area contributed by atoms with E-state index >= 15 is 0 Å². The van der Waals surface area contributed by atoms with Gasteiger partial charge in [0.15, 0.2) is 0 Å². The van der Waals surface area contributed by atoms with Crippen LogP contribution in [0, 0.1) is 0 Å². The van der Waals surface area contributed by atoms with Crippen molar-refractivity contribution in [2.45, 2.75) is 142 Å². The molecule has 0 aliphatic carbocycles. The standard InChI is InChI=1S/C28H51NO.ClH/c1-4-5-6-7-8-9-10-11-12-13-14-15-16-17-18-22-25-27(28(2,3)29)30-26-23-20-19-21-24-26;/h19-21,23-24,27H,4-18,22,25,29H2,1-3H3;1H. The van der Waals surface area contributed by atoms with E-state index in [0.29, 0.717) is 0 Å². The van der Waals surface area contributed by atoms with E-state index in [1.807, 2.05) is 30.3 Å². The predicted octanol–water partition coefficient (Wildman–Crippen LogP) is 9.24. The molecule has 1 aromatic rings. The molecule has 0 bridgehead atoms. The van der Waals surface area contributed by atoms with Crippen molar-refractivity contribution in [3.63, 3.8) is 0 Å². The lowest BCUT2D eigenvalue weighted by atomic mass is 9.93. The van der Waals surface area contributed by atoms with Gasteiger partial charge < -0.3 is 10.5 Å². The van der Waals surface area contributed by atoms with Crippen LogP contribution < -0.4 is 10.5 Å². The Labute approximate surface area is 200 Å². The average Bonchev–Trinajstić information content (AvgIpc) is 2.72. The summed E-state index contributed by atoms with van der Waals surface area (Å²) in [5.41, 5.74) is 6.05. The number of halogens is 1. The van der Waals surface area contributed by atoms with E-state index in [1.54, 1.807) is 0 Å². The van der Waals surface area contributed by atoms with Crippen LogP contribution in [0.1, 0.15) is 130 Å². The minimum absolute atomic E-state index is 0. The molecule has 1 unspecified atom stereocenters. The van der Waals surface area contributed by atoms with Gasteiger partial charge in [-0.25, -0.2) is 0 Å². The fourth-order valence-electron chi connectivity index (χ4n) is 4.12. The first-order chi connectivity index (χ1) is 14.5. The molecule has 1 rings (SSSR count). The number of hydrogen-bond donors (Lipinski definition) is 1. The van der Waals surface area contributed by atoms with Crippen LogP contribution in [-0.2, 0) is 0 Å². The molecule has 0 aromatic heterocycles. The molecule has 0 aliphatic rings. The van der Waals surface area contributed by atoms with Gasteiger partial charge in [0.2, 0.25) is 0 Å². The second-order valence-electron chi connectivity index (χ2n) is 9.83. The Bertz CT molecular complexity index is 486. The number of nitrogens with two attached hydrogens (primary N) is 1.